The highest BCUT2D eigenvalue weighted by atomic mass is 16.5. The Morgan fingerprint density at radius 3 is 2.62 bits per heavy atom. The molecule has 0 spiro atoms. The second kappa shape index (κ2) is 7.27. The SMILES string of the molecule is COc1nn(C)cc1C(=O)NCC(=O)Nc1ccccc1C(N)=O. The number of para-hydroxylation sites is 1. The number of carbonyl (C=O) groups excluding carboxylic acids is 3. The lowest BCUT2D eigenvalue weighted by molar-refractivity contribution is -0.115. The minimum atomic E-state index is -0.657. The van der Waals surface area contributed by atoms with Crippen LogP contribution in [0, 0.1) is 0 Å². The van der Waals surface area contributed by atoms with E-state index in [0.717, 1.165) is 0 Å². The third-order valence-corrected chi connectivity index (χ3v) is 3.11. The molecule has 2 aromatic rings. The molecule has 3 amide bonds. The Bertz CT molecular complexity index is 784. The standard InChI is InChI=1S/C15H17N5O4/c1-20-8-10(15(19-20)24-2)14(23)17-7-12(21)18-11-6-4-3-5-9(11)13(16)22/h3-6,8H,7H2,1-2H3,(H2,16,22)(H,17,23)(H,18,21). The molecule has 2 rings (SSSR count). The predicted octanol–water partition coefficient (Wildman–Crippen LogP) is -0.104. The van der Waals surface area contributed by atoms with E-state index in [1.165, 1.54) is 24.1 Å². The quantitative estimate of drug-likeness (QED) is 0.680. The number of amides is 3. The molecule has 9 heteroatoms. The Hall–Kier alpha value is -3.36. The van der Waals surface area contributed by atoms with Crippen LogP contribution in [-0.4, -0.2) is 41.2 Å². The van der Waals surface area contributed by atoms with Gasteiger partial charge < -0.3 is 21.1 Å². The molecule has 0 saturated heterocycles. The number of rotatable bonds is 6. The van der Waals surface area contributed by atoms with Crippen LogP contribution in [0.4, 0.5) is 5.69 Å². The van der Waals surface area contributed by atoms with E-state index in [0.29, 0.717) is 0 Å². The van der Waals surface area contributed by atoms with Crippen molar-refractivity contribution in [3.8, 4) is 5.88 Å². The van der Waals surface area contributed by atoms with Crippen molar-refractivity contribution in [1.29, 1.82) is 0 Å². The van der Waals surface area contributed by atoms with Crippen LogP contribution in [0.15, 0.2) is 30.5 Å². The Morgan fingerprint density at radius 2 is 1.96 bits per heavy atom. The fourth-order valence-electron chi connectivity index (χ4n) is 2.03. The Labute approximate surface area is 137 Å². The summed E-state index contributed by atoms with van der Waals surface area (Å²) >= 11 is 0. The maximum absolute atomic E-state index is 12.1. The number of hydrogen-bond acceptors (Lipinski definition) is 5. The summed E-state index contributed by atoms with van der Waals surface area (Å²) in [6.07, 6.45) is 1.48. The molecular formula is C15H17N5O4. The number of primary amides is 1. The second-order valence-corrected chi connectivity index (χ2v) is 4.87. The molecule has 0 fully saturated rings. The average molecular weight is 331 g/mol. The van der Waals surface area contributed by atoms with Crippen LogP contribution in [-0.2, 0) is 11.8 Å². The van der Waals surface area contributed by atoms with Gasteiger partial charge in [-0.1, -0.05) is 12.1 Å². The maximum atomic E-state index is 12.1. The van der Waals surface area contributed by atoms with Crippen molar-refractivity contribution in [1.82, 2.24) is 15.1 Å². The first-order chi connectivity index (χ1) is 11.4. The molecule has 0 atom stereocenters. The van der Waals surface area contributed by atoms with Gasteiger partial charge in [-0.05, 0) is 12.1 Å². The highest BCUT2D eigenvalue weighted by molar-refractivity contribution is 6.04. The lowest BCUT2D eigenvalue weighted by Gasteiger charge is -2.09. The minimum Gasteiger partial charge on any atom is -0.479 e. The third-order valence-electron chi connectivity index (χ3n) is 3.11. The van der Waals surface area contributed by atoms with Gasteiger partial charge in [0, 0.05) is 13.2 Å². The fourth-order valence-corrected chi connectivity index (χ4v) is 2.03. The molecule has 24 heavy (non-hydrogen) atoms. The normalized spacial score (nSPS) is 10.1. The number of methoxy groups -OCH3 is 1. The largest absolute Gasteiger partial charge is 0.479 e. The van der Waals surface area contributed by atoms with Crippen molar-refractivity contribution in [3.63, 3.8) is 0 Å². The molecule has 1 heterocycles. The van der Waals surface area contributed by atoms with E-state index in [1.54, 1.807) is 25.2 Å². The molecule has 0 aliphatic heterocycles. The van der Waals surface area contributed by atoms with Gasteiger partial charge in [0.1, 0.15) is 5.56 Å². The first kappa shape index (κ1) is 17.0. The van der Waals surface area contributed by atoms with Crippen LogP contribution >= 0.6 is 0 Å². The minimum absolute atomic E-state index is 0.162. The lowest BCUT2D eigenvalue weighted by Crippen LogP contribution is -2.33. The van der Waals surface area contributed by atoms with Crippen LogP contribution < -0.4 is 21.1 Å². The Kier molecular flexibility index (Phi) is 5.15. The van der Waals surface area contributed by atoms with Crippen molar-refractivity contribution < 1.29 is 19.1 Å². The first-order valence-electron chi connectivity index (χ1n) is 6.97. The molecule has 0 unspecified atom stereocenters. The van der Waals surface area contributed by atoms with Gasteiger partial charge in [0.25, 0.3) is 11.8 Å². The zero-order chi connectivity index (χ0) is 17.7. The van der Waals surface area contributed by atoms with Gasteiger partial charge in [0.15, 0.2) is 0 Å². The molecule has 0 aliphatic rings. The van der Waals surface area contributed by atoms with E-state index in [4.69, 9.17) is 10.5 Å². The summed E-state index contributed by atoms with van der Waals surface area (Å²) in [7, 11) is 3.04. The molecule has 0 saturated carbocycles. The lowest BCUT2D eigenvalue weighted by atomic mass is 10.1. The van der Waals surface area contributed by atoms with E-state index in [9.17, 15) is 14.4 Å². The van der Waals surface area contributed by atoms with Crippen LogP contribution in [0.5, 0.6) is 5.88 Å². The molecule has 0 radical (unpaired) electrons. The Morgan fingerprint density at radius 1 is 1.25 bits per heavy atom. The molecular weight excluding hydrogens is 314 g/mol. The van der Waals surface area contributed by atoms with Gasteiger partial charge in [0.05, 0.1) is 24.9 Å². The number of aryl methyl sites for hydroxylation is 1. The van der Waals surface area contributed by atoms with Crippen LogP contribution in [0.2, 0.25) is 0 Å². The highest BCUT2D eigenvalue weighted by Gasteiger charge is 2.17. The van der Waals surface area contributed by atoms with Crippen molar-refractivity contribution in [2.24, 2.45) is 12.8 Å². The number of nitrogens with zero attached hydrogens (tertiary/aromatic N) is 2. The van der Waals surface area contributed by atoms with Crippen molar-refractivity contribution in [3.05, 3.63) is 41.6 Å². The summed E-state index contributed by atoms with van der Waals surface area (Å²) in [4.78, 5) is 35.3. The van der Waals surface area contributed by atoms with E-state index in [-0.39, 0.29) is 29.2 Å². The molecule has 1 aromatic carbocycles. The molecule has 0 aliphatic carbocycles. The van der Waals surface area contributed by atoms with E-state index in [2.05, 4.69) is 15.7 Å². The summed E-state index contributed by atoms with van der Waals surface area (Å²) in [5, 5.41) is 8.94. The third kappa shape index (κ3) is 3.88. The van der Waals surface area contributed by atoms with Gasteiger partial charge >= 0.3 is 0 Å². The summed E-state index contributed by atoms with van der Waals surface area (Å²) in [6, 6.07) is 6.33. The van der Waals surface area contributed by atoms with E-state index >= 15 is 0 Å². The maximum Gasteiger partial charge on any atom is 0.258 e. The number of nitrogens with one attached hydrogen (secondary N) is 2. The topological polar surface area (TPSA) is 128 Å². The van der Waals surface area contributed by atoms with E-state index in [1.807, 2.05) is 0 Å². The van der Waals surface area contributed by atoms with Crippen molar-refractivity contribution >= 4 is 23.4 Å². The van der Waals surface area contributed by atoms with Gasteiger partial charge in [-0.15, -0.1) is 5.10 Å². The van der Waals surface area contributed by atoms with Crippen LogP contribution in [0.1, 0.15) is 20.7 Å². The average Bonchev–Trinajstić information content (AvgIpc) is 2.94. The number of aromatic nitrogens is 2. The molecule has 4 N–H and O–H groups in total. The number of carbonyl (C=O) groups is 3. The molecule has 0 bridgehead atoms. The molecule has 9 nitrogen and oxygen atoms in total. The van der Waals surface area contributed by atoms with Crippen molar-refractivity contribution in [2.45, 2.75) is 0 Å². The number of nitrogens with two attached hydrogens (primary N) is 1. The number of hydrogen-bond donors (Lipinski definition) is 3. The zero-order valence-corrected chi connectivity index (χ0v) is 13.2. The predicted molar refractivity (Wildman–Crippen MR) is 85.7 cm³/mol. The summed E-state index contributed by atoms with van der Waals surface area (Å²) < 4.78 is 6.41. The van der Waals surface area contributed by atoms with Gasteiger partial charge in [-0.2, -0.15) is 0 Å². The summed E-state index contributed by atoms with van der Waals surface area (Å²) in [5.41, 5.74) is 5.92. The molecule has 1 aromatic heterocycles. The molecule has 126 valence electrons. The van der Waals surface area contributed by atoms with Crippen LogP contribution in [0.3, 0.4) is 0 Å². The zero-order valence-electron chi connectivity index (χ0n) is 13.2. The summed E-state index contributed by atoms with van der Waals surface area (Å²) in [5.74, 6) is -1.50. The Balaban J connectivity index is 1.99. The van der Waals surface area contributed by atoms with Crippen LogP contribution in [0.25, 0.3) is 0 Å². The highest BCUT2D eigenvalue weighted by Crippen LogP contribution is 2.15. The smallest absolute Gasteiger partial charge is 0.258 e. The summed E-state index contributed by atoms with van der Waals surface area (Å²) in [6.45, 7) is -0.288. The van der Waals surface area contributed by atoms with Gasteiger partial charge in [0.2, 0.25) is 11.8 Å². The number of ether oxygens (including phenoxy) is 1. The number of anilines is 1. The monoisotopic (exact) mass is 331 g/mol. The fraction of sp³-hybridized carbons (Fsp3) is 0.200. The second-order valence-electron chi connectivity index (χ2n) is 4.87. The van der Waals surface area contributed by atoms with Gasteiger partial charge in [-0.3, -0.25) is 19.1 Å². The number of benzene rings is 1. The first-order valence-corrected chi connectivity index (χ1v) is 6.97. The van der Waals surface area contributed by atoms with Gasteiger partial charge in [-0.25, -0.2) is 0 Å². The van der Waals surface area contributed by atoms with Crippen molar-refractivity contribution in [2.75, 3.05) is 19.0 Å². The van der Waals surface area contributed by atoms with E-state index < -0.39 is 17.7 Å².